The Morgan fingerprint density at radius 2 is 0.550 bits per heavy atom. The summed E-state index contributed by atoms with van der Waals surface area (Å²) in [5.41, 5.74) is 14.6. The summed E-state index contributed by atoms with van der Waals surface area (Å²) in [6, 6.07) is 85.5. The van der Waals surface area contributed by atoms with Crippen molar-refractivity contribution in [3.05, 3.63) is 231 Å². The molecule has 0 aliphatic rings. The Bertz CT molecular complexity index is 3480. The minimum absolute atomic E-state index is 1.18. The summed E-state index contributed by atoms with van der Waals surface area (Å²) in [5.74, 6) is 0. The maximum Gasteiger partial charge on any atom is -0.000117 e. The lowest BCUT2D eigenvalue weighted by molar-refractivity contribution is 1.53. The van der Waals surface area contributed by atoms with Crippen molar-refractivity contribution in [2.75, 3.05) is 0 Å². The Hall–Kier alpha value is -7.80. The highest BCUT2D eigenvalue weighted by atomic mass is 14.3. The molecule has 60 heavy (non-hydrogen) atoms. The van der Waals surface area contributed by atoms with Crippen LogP contribution in [-0.2, 0) is 0 Å². The van der Waals surface area contributed by atoms with Crippen molar-refractivity contribution in [3.8, 4) is 66.8 Å². The second kappa shape index (κ2) is 13.9. The van der Waals surface area contributed by atoms with Gasteiger partial charge in [0.1, 0.15) is 0 Å². The minimum Gasteiger partial charge on any atom is -0.0622 e. The lowest BCUT2D eigenvalue weighted by atomic mass is 9.72. The van der Waals surface area contributed by atoms with Crippen molar-refractivity contribution in [3.63, 3.8) is 0 Å². The van der Waals surface area contributed by atoms with Crippen LogP contribution in [0.15, 0.2) is 231 Å². The van der Waals surface area contributed by atoms with Gasteiger partial charge in [-0.3, -0.25) is 0 Å². The zero-order valence-corrected chi connectivity index (χ0v) is 32.9. The molecular weight excluding hydrogens is 721 g/mol. The summed E-state index contributed by atoms with van der Waals surface area (Å²) in [7, 11) is 0. The molecule has 12 aromatic carbocycles. The van der Waals surface area contributed by atoms with Gasteiger partial charge in [-0.25, -0.2) is 0 Å². The van der Waals surface area contributed by atoms with Gasteiger partial charge in [0.25, 0.3) is 0 Å². The predicted molar refractivity (Wildman–Crippen MR) is 258 cm³/mol. The zero-order chi connectivity index (χ0) is 39.6. The van der Waals surface area contributed by atoms with Gasteiger partial charge in [-0.2, -0.15) is 0 Å². The van der Waals surface area contributed by atoms with E-state index in [4.69, 9.17) is 0 Å². The zero-order valence-electron chi connectivity index (χ0n) is 32.9. The summed E-state index contributed by atoms with van der Waals surface area (Å²) in [4.78, 5) is 0. The van der Waals surface area contributed by atoms with E-state index in [1.165, 1.54) is 121 Å². The van der Waals surface area contributed by atoms with Crippen LogP contribution in [0.3, 0.4) is 0 Å². The normalized spacial score (nSPS) is 11.7. The molecule has 12 rings (SSSR count). The third-order valence-corrected chi connectivity index (χ3v) is 12.6. The molecule has 0 unspecified atom stereocenters. The summed E-state index contributed by atoms with van der Waals surface area (Å²) in [5, 5.41) is 12.6. The van der Waals surface area contributed by atoms with E-state index in [1.54, 1.807) is 0 Å². The van der Waals surface area contributed by atoms with Crippen molar-refractivity contribution in [1.29, 1.82) is 0 Å². The van der Waals surface area contributed by atoms with Crippen LogP contribution in [0, 0.1) is 0 Å². The molecule has 0 atom stereocenters. The first kappa shape index (κ1) is 34.3. The number of fused-ring (bicyclic) bond motifs is 2. The smallest absolute Gasteiger partial charge is 0.000117 e. The summed E-state index contributed by atoms with van der Waals surface area (Å²) >= 11 is 0. The van der Waals surface area contributed by atoms with E-state index in [1.807, 2.05) is 0 Å². The van der Waals surface area contributed by atoms with Crippen LogP contribution in [0.4, 0.5) is 0 Å². The molecule has 0 saturated heterocycles. The molecule has 0 heteroatoms. The Morgan fingerprint density at radius 3 is 1.05 bits per heavy atom. The van der Waals surface area contributed by atoms with Crippen molar-refractivity contribution < 1.29 is 0 Å². The molecule has 0 aromatic heterocycles. The standard InChI is InChI=1S/C60H38/c1-5-18-39(19-6-1)54-55(40-20-7-2-8-21-40)57(42-24-11-4-12-25-42)60(58-48-30-15-13-26-46(48)38-47-27-14-16-31-49(47)58)59(56(54)41-22-9-3-10-23-41)51-37-35-45-33-32-43-28-17-29-44-34-36-50(51)53(45)52(43)44/h1-38H. The minimum atomic E-state index is 1.18. The molecule has 0 aliphatic carbocycles. The molecular formula is C60H38. The fraction of sp³-hybridized carbons (Fsp3) is 0. The fourth-order valence-electron chi connectivity index (χ4n) is 10.1. The average molecular weight is 759 g/mol. The van der Waals surface area contributed by atoms with E-state index >= 15 is 0 Å². The van der Waals surface area contributed by atoms with E-state index in [0.717, 1.165) is 0 Å². The number of rotatable bonds is 6. The van der Waals surface area contributed by atoms with Gasteiger partial charge >= 0.3 is 0 Å². The van der Waals surface area contributed by atoms with E-state index < -0.39 is 0 Å². The summed E-state index contributed by atoms with van der Waals surface area (Å²) < 4.78 is 0. The van der Waals surface area contributed by atoms with Crippen LogP contribution < -0.4 is 0 Å². The number of benzene rings is 12. The monoisotopic (exact) mass is 758 g/mol. The molecule has 0 heterocycles. The summed E-state index contributed by atoms with van der Waals surface area (Å²) in [6.45, 7) is 0. The lowest BCUT2D eigenvalue weighted by Crippen LogP contribution is -2.03. The second-order valence-corrected chi connectivity index (χ2v) is 15.9. The van der Waals surface area contributed by atoms with Gasteiger partial charge in [0.05, 0.1) is 0 Å². The SMILES string of the molecule is c1ccc(-c2c(-c3ccccc3)c(-c3ccccc3)c(-c3ccc4ccc5cccc6ccc3c4c56)c(-c3c4ccccc4cc4ccccc34)c2-c2ccccc2)cc1. The van der Waals surface area contributed by atoms with Crippen LogP contribution in [0.5, 0.6) is 0 Å². The topological polar surface area (TPSA) is 0 Å². The molecule has 278 valence electrons. The molecule has 0 spiro atoms. The Balaban J connectivity index is 1.43. The van der Waals surface area contributed by atoms with E-state index in [2.05, 4.69) is 231 Å². The largest absolute Gasteiger partial charge is 0.0622 e. The molecule has 0 radical (unpaired) electrons. The maximum absolute atomic E-state index is 2.41. The molecule has 12 aromatic rings. The van der Waals surface area contributed by atoms with Crippen molar-refractivity contribution in [2.24, 2.45) is 0 Å². The van der Waals surface area contributed by atoms with Gasteiger partial charge in [-0.15, -0.1) is 0 Å². The van der Waals surface area contributed by atoms with Gasteiger partial charge < -0.3 is 0 Å². The quantitative estimate of drug-likeness (QED) is 0.117. The van der Waals surface area contributed by atoms with Gasteiger partial charge in [0.2, 0.25) is 0 Å². The molecule has 0 N–H and O–H groups in total. The Labute approximate surface area is 349 Å². The van der Waals surface area contributed by atoms with Crippen LogP contribution in [0.25, 0.3) is 121 Å². The third-order valence-electron chi connectivity index (χ3n) is 12.6. The van der Waals surface area contributed by atoms with Crippen LogP contribution in [-0.4, -0.2) is 0 Å². The predicted octanol–water partition coefficient (Wildman–Crippen LogP) is 16.9. The molecule has 0 saturated carbocycles. The van der Waals surface area contributed by atoms with Crippen LogP contribution >= 0.6 is 0 Å². The number of hydrogen-bond acceptors (Lipinski definition) is 0. The average Bonchev–Trinajstić information content (AvgIpc) is 3.33. The van der Waals surface area contributed by atoms with E-state index in [-0.39, 0.29) is 0 Å². The Morgan fingerprint density at radius 1 is 0.183 bits per heavy atom. The fourth-order valence-corrected chi connectivity index (χ4v) is 10.1. The highest BCUT2D eigenvalue weighted by Crippen LogP contribution is 2.58. The molecule has 0 bridgehead atoms. The molecule has 0 nitrogen and oxygen atoms in total. The lowest BCUT2D eigenvalue weighted by Gasteiger charge is -2.30. The third kappa shape index (κ3) is 5.32. The first-order chi connectivity index (χ1) is 29.8. The van der Waals surface area contributed by atoms with E-state index in [9.17, 15) is 0 Å². The van der Waals surface area contributed by atoms with E-state index in [0.29, 0.717) is 0 Å². The van der Waals surface area contributed by atoms with Crippen LogP contribution in [0.1, 0.15) is 0 Å². The van der Waals surface area contributed by atoms with Gasteiger partial charge in [0.15, 0.2) is 0 Å². The second-order valence-electron chi connectivity index (χ2n) is 15.9. The molecule has 0 fully saturated rings. The van der Waals surface area contributed by atoms with Gasteiger partial charge in [0, 0.05) is 0 Å². The Kier molecular flexibility index (Phi) is 7.96. The first-order valence-corrected chi connectivity index (χ1v) is 20.9. The van der Waals surface area contributed by atoms with Crippen molar-refractivity contribution in [2.45, 2.75) is 0 Å². The molecule has 0 aliphatic heterocycles. The maximum atomic E-state index is 2.41. The van der Waals surface area contributed by atoms with Crippen LogP contribution in [0.2, 0.25) is 0 Å². The number of hydrogen-bond donors (Lipinski definition) is 0. The van der Waals surface area contributed by atoms with Crippen molar-refractivity contribution in [1.82, 2.24) is 0 Å². The highest BCUT2D eigenvalue weighted by Gasteiger charge is 2.31. The first-order valence-electron chi connectivity index (χ1n) is 20.9. The highest BCUT2D eigenvalue weighted by molar-refractivity contribution is 6.29. The van der Waals surface area contributed by atoms with Gasteiger partial charge in [-0.05, 0) is 127 Å². The summed E-state index contributed by atoms with van der Waals surface area (Å²) in [6.07, 6.45) is 0. The molecule has 0 amide bonds. The van der Waals surface area contributed by atoms with Gasteiger partial charge in [-0.1, -0.05) is 224 Å². The van der Waals surface area contributed by atoms with Crippen molar-refractivity contribution >= 4 is 53.9 Å².